The molecule has 1 aliphatic rings. The van der Waals surface area contributed by atoms with Crippen molar-refractivity contribution >= 4 is 51.4 Å². The average Bonchev–Trinajstić information content (AvgIpc) is 2.85. The molecule has 0 fully saturated rings. The number of anilines is 1. The molecule has 1 aliphatic heterocycles. The van der Waals surface area contributed by atoms with Crippen LogP contribution in [-0.2, 0) is 16.9 Å². The van der Waals surface area contributed by atoms with E-state index in [9.17, 15) is 4.79 Å². The van der Waals surface area contributed by atoms with E-state index in [2.05, 4.69) is 17.6 Å². The number of thioether (sulfide) groups is 1. The Balaban J connectivity index is 2.17. The second-order valence-corrected chi connectivity index (χ2v) is 7.58. The minimum atomic E-state index is -0.245. The lowest BCUT2D eigenvalue weighted by Crippen LogP contribution is -2.29. The molecule has 0 saturated heterocycles. The lowest BCUT2D eigenvalue weighted by Gasteiger charge is -2.13. The van der Waals surface area contributed by atoms with E-state index in [0.717, 1.165) is 47.9 Å². The summed E-state index contributed by atoms with van der Waals surface area (Å²) < 4.78 is 5.23. The van der Waals surface area contributed by atoms with Crippen molar-refractivity contribution in [2.24, 2.45) is 0 Å². The highest BCUT2D eigenvalue weighted by atomic mass is 32.2. The van der Waals surface area contributed by atoms with Crippen molar-refractivity contribution in [2.75, 3.05) is 24.2 Å². The van der Waals surface area contributed by atoms with Crippen molar-refractivity contribution < 1.29 is 9.53 Å². The Morgan fingerprint density at radius 1 is 1.41 bits per heavy atom. The summed E-state index contributed by atoms with van der Waals surface area (Å²) in [4.78, 5) is 13.6. The summed E-state index contributed by atoms with van der Waals surface area (Å²) in [7, 11) is 0. The van der Waals surface area contributed by atoms with E-state index in [-0.39, 0.29) is 5.97 Å². The SMILES string of the molecule is CCCCNC(=S)Nc1sc2c(c1C(=O)OCC)CCSC2. The fraction of sp³-hybridized carbons (Fsp3) is 0.600. The second-order valence-electron chi connectivity index (χ2n) is 4.97. The molecule has 22 heavy (non-hydrogen) atoms. The molecule has 0 bridgehead atoms. The van der Waals surface area contributed by atoms with E-state index in [1.165, 1.54) is 4.88 Å². The Kier molecular flexibility index (Phi) is 6.98. The maximum atomic E-state index is 12.3. The lowest BCUT2D eigenvalue weighted by molar-refractivity contribution is 0.0527. The molecular formula is C15H22N2O2S3. The number of fused-ring (bicyclic) bond motifs is 1. The van der Waals surface area contributed by atoms with Gasteiger partial charge in [-0.1, -0.05) is 13.3 Å². The van der Waals surface area contributed by atoms with Crippen LogP contribution >= 0.6 is 35.3 Å². The van der Waals surface area contributed by atoms with E-state index >= 15 is 0 Å². The molecule has 0 saturated carbocycles. The van der Waals surface area contributed by atoms with Crippen molar-refractivity contribution in [3.05, 3.63) is 16.0 Å². The van der Waals surface area contributed by atoms with Gasteiger partial charge >= 0.3 is 5.97 Å². The van der Waals surface area contributed by atoms with Gasteiger partial charge in [0.15, 0.2) is 5.11 Å². The van der Waals surface area contributed by atoms with Gasteiger partial charge in [-0.25, -0.2) is 4.79 Å². The van der Waals surface area contributed by atoms with Crippen molar-refractivity contribution in [2.45, 2.75) is 38.9 Å². The van der Waals surface area contributed by atoms with Gasteiger partial charge in [-0.2, -0.15) is 11.8 Å². The highest BCUT2D eigenvalue weighted by Gasteiger charge is 2.26. The summed E-state index contributed by atoms with van der Waals surface area (Å²) in [5.41, 5.74) is 1.82. The average molecular weight is 359 g/mol. The molecule has 0 amide bonds. The van der Waals surface area contributed by atoms with Gasteiger partial charge in [0, 0.05) is 17.2 Å². The van der Waals surface area contributed by atoms with Gasteiger partial charge in [-0.15, -0.1) is 11.3 Å². The summed E-state index contributed by atoms with van der Waals surface area (Å²) in [6.07, 6.45) is 3.11. The van der Waals surface area contributed by atoms with Crippen LogP contribution in [0.25, 0.3) is 0 Å². The maximum Gasteiger partial charge on any atom is 0.341 e. The summed E-state index contributed by atoms with van der Waals surface area (Å²) in [6, 6.07) is 0. The minimum absolute atomic E-state index is 0.245. The molecular weight excluding hydrogens is 336 g/mol. The molecule has 7 heteroatoms. The van der Waals surface area contributed by atoms with Crippen LogP contribution in [-0.4, -0.2) is 30.0 Å². The Hall–Kier alpha value is -0.790. The van der Waals surface area contributed by atoms with Crippen molar-refractivity contribution in [3.8, 4) is 0 Å². The standard InChI is InChI=1S/C15H22N2O2S3/c1-3-5-7-16-15(20)17-13-12(14(18)19-4-2)10-6-8-21-9-11(10)22-13/h3-9H2,1-2H3,(H2,16,17,20). The Morgan fingerprint density at radius 2 is 2.23 bits per heavy atom. The zero-order valence-corrected chi connectivity index (χ0v) is 15.4. The number of carbonyl (C=O) groups is 1. The first-order valence-electron chi connectivity index (χ1n) is 7.61. The molecule has 4 nitrogen and oxygen atoms in total. The number of esters is 1. The fourth-order valence-electron chi connectivity index (χ4n) is 2.27. The van der Waals surface area contributed by atoms with E-state index in [0.29, 0.717) is 17.3 Å². The van der Waals surface area contributed by atoms with Gasteiger partial charge < -0.3 is 15.4 Å². The van der Waals surface area contributed by atoms with Gasteiger partial charge in [-0.05, 0) is 43.3 Å². The molecule has 1 aromatic heterocycles. The molecule has 122 valence electrons. The summed E-state index contributed by atoms with van der Waals surface area (Å²) in [5.74, 6) is 1.77. The first-order chi connectivity index (χ1) is 10.7. The minimum Gasteiger partial charge on any atom is -0.462 e. The molecule has 0 aromatic carbocycles. The van der Waals surface area contributed by atoms with Crippen molar-refractivity contribution in [1.82, 2.24) is 5.32 Å². The highest BCUT2D eigenvalue weighted by Crippen LogP contribution is 2.39. The topological polar surface area (TPSA) is 50.4 Å². The third-order valence-electron chi connectivity index (χ3n) is 3.34. The van der Waals surface area contributed by atoms with Gasteiger partial charge in [-0.3, -0.25) is 0 Å². The summed E-state index contributed by atoms with van der Waals surface area (Å²) in [6.45, 7) is 5.20. The van der Waals surface area contributed by atoms with Crippen molar-refractivity contribution in [1.29, 1.82) is 0 Å². The van der Waals surface area contributed by atoms with E-state index in [1.807, 2.05) is 18.7 Å². The van der Waals surface area contributed by atoms with Gasteiger partial charge in [0.05, 0.1) is 12.2 Å². The van der Waals surface area contributed by atoms with Crippen molar-refractivity contribution in [3.63, 3.8) is 0 Å². The zero-order valence-electron chi connectivity index (χ0n) is 13.0. The molecule has 0 spiro atoms. The smallest absolute Gasteiger partial charge is 0.341 e. The molecule has 2 heterocycles. The monoisotopic (exact) mass is 358 g/mol. The maximum absolute atomic E-state index is 12.3. The van der Waals surface area contributed by atoms with Crippen LogP contribution in [0, 0.1) is 0 Å². The number of hydrogen-bond acceptors (Lipinski definition) is 5. The number of hydrogen-bond donors (Lipinski definition) is 2. The first-order valence-corrected chi connectivity index (χ1v) is 9.99. The van der Waals surface area contributed by atoms with Crippen LogP contribution in [0.2, 0.25) is 0 Å². The number of carbonyl (C=O) groups excluding carboxylic acids is 1. The lowest BCUT2D eigenvalue weighted by atomic mass is 10.1. The van der Waals surface area contributed by atoms with Crippen LogP contribution in [0.15, 0.2) is 0 Å². The van der Waals surface area contributed by atoms with Crippen LogP contribution in [0.4, 0.5) is 5.00 Å². The summed E-state index contributed by atoms with van der Waals surface area (Å²) in [5, 5.41) is 7.77. The molecule has 0 atom stereocenters. The van der Waals surface area contributed by atoms with Crippen LogP contribution < -0.4 is 10.6 Å². The second kappa shape index (κ2) is 8.74. The molecule has 1 aromatic rings. The predicted octanol–water partition coefficient (Wildman–Crippen LogP) is 3.80. The molecule has 2 rings (SSSR count). The number of ether oxygens (including phenoxy) is 1. The van der Waals surface area contributed by atoms with E-state index < -0.39 is 0 Å². The highest BCUT2D eigenvalue weighted by molar-refractivity contribution is 7.98. The van der Waals surface area contributed by atoms with E-state index in [4.69, 9.17) is 17.0 Å². The first kappa shape index (κ1) is 17.6. The third kappa shape index (κ3) is 4.36. The normalized spacial score (nSPS) is 13.4. The largest absolute Gasteiger partial charge is 0.462 e. The van der Waals surface area contributed by atoms with Crippen LogP contribution in [0.5, 0.6) is 0 Å². The number of thiocarbonyl (C=S) groups is 1. The third-order valence-corrected chi connectivity index (χ3v) is 5.90. The Morgan fingerprint density at radius 3 is 2.95 bits per heavy atom. The number of thiophene rings is 1. The Bertz CT molecular complexity index is 543. The fourth-order valence-corrected chi connectivity index (χ4v) is 4.91. The Labute approximate surface area is 145 Å². The van der Waals surface area contributed by atoms with E-state index in [1.54, 1.807) is 11.3 Å². The van der Waals surface area contributed by atoms with Crippen LogP contribution in [0.1, 0.15) is 47.5 Å². The number of nitrogens with one attached hydrogen (secondary N) is 2. The summed E-state index contributed by atoms with van der Waals surface area (Å²) >= 11 is 8.85. The molecule has 0 radical (unpaired) electrons. The molecule has 2 N–H and O–H groups in total. The molecule has 0 unspecified atom stereocenters. The van der Waals surface area contributed by atoms with Crippen LogP contribution in [0.3, 0.4) is 0 Å². The number of unbranched alkanes of at least 4 members (excludes halogenated alkanes) is 1. The number of rotatable bonds is 6. The molecule has 0 aliphatic carbocycles. The van der Waals surface area contributed by atoms with Gasteiger partial charge in [0.25, 0.3) is 0 Å². The van der Waals surface area contributed by atoms with Gasteiger partial charge in [0.2, 0.25) is 0 Å². The van der Waals surface area contributed by atoms with Gasteiger partial charge in [0.1, 0.15) is 5.00 Å². The predicted molar refractivity (Wildman–Crippen MR) is 99.3 cm³/mol. The quantitative estimate of drug-likeness (QED) is 0.458. The zero-order chi connectivity index (χ0) is 15.9.